The molecule has 0 fully saturated rings. The average Bonchev–Trinajstić information content (AvgIpc) is 2.80. The average molecular weight is 292 g/mol. The van der Waals surface area contributed by atoms with Crippen molar-refractivity contribution in [3.8, 4) is 0 Å². The molecule has 2 aromatic heterocycles. The van der Waals surface area contributed by atoms with Gasteiger partial charge >= 0.3 is 0 Å². The Balaban J connectivity index is 2.31. The third kappa shape index (κ3) is 2.94. The second kappa shape index (κ2) is 6.06. The first-order chi connectivity index (χ1) is 9.43. The molecule has 0 saturated carbocycles. The van der Waals surface area contributed by atoms with Crippen LogP contribution in [0.5, 0.6) is 0 Å². The van der Waals surface area contributed by atoms with Gasteiger partial charge in [-0.05, 0) is 34.2 Å². The van der Waals surface area contributed by atoms with Crippen LogP contribution in [0.2, 0.25) is 0 Å². The standard InChI is InChI=1S/C15H24N4S/c1-7-16-13(8-14-17-9(2)12(5)20-14)15-10(3)18-19(6)11(15)4/h13,16H,7-8H2,1-6H3. The SMILES string of the molecule is CCNC(Cc1nc(C)c(C)s1)c1c(C)nn(C)c1C. The van der Waals surface area contributed by atoms with Gasteiger partial charge in [0.1, 0.15) is 0 Å². The van der Waals surface area contributed by atoms with Crippen LogP contribution in [0.1, 0.15) is 45.5 Å². The van der Waals surface area contributed by atoms with Gasteiger partial charge in [0, 0.05) is 35.6 Å². The number of hydrogen-bond acceptors (Lipinski definition) is 4. The number of nitrogens with zero attached hydrogens (tertiary/aromatic N) is 3. The van der Waals surface area contributed by atoms with Crippen LogP contribution in [0.25, 0.3) is 0 Å². The van der Waals surface area contributed by atoms with Crippen molar-refractivity contribution in [2.45, 2.75) is 47.1 Å². The highest BCUT2D eigenvalue weighted by Crippen LogP contribution is 2.27. The Hall–Kier alpha value is -1.20. The van der Waals surface area contributed by atoms with Crippen molar-refractivity contribution in [2.24, 2.45) is 7.05 Å². The number of thiazole rings is 1. The van der Waals surface area contributed by atoms with Crippen LogP contribution in [0.15, 0.2) is 0 Å². The lowest BCUT2D eigenvalue weighted by atomic mass is 10.0. The van der Waals surface area contributed by atoms with Gasteiger partial charge in [0.05, 0.1) is 16.4 Å². The second-order valence-corrected chi connectivity index (χ2v) is 6.56. The third-order valence-electron chi connectivity index (χ3n) is 3.82. The Morgan fingerprint density at radius 1 is 1.20 bits per heavy atom. The molecular weight excluding hydrogens is 268 g/mol. The maximum absolute atomic E-state index is 4.68. The van der Waals surface area contributed by atoms with E-state index < -0.39 is 0 Å². The zero-order valence-electron chi connectivity index (χ0n) is 13.2. The van der Waals surface area contributed by atoms with Gasteiger partial charge < -0.3 is 5.32 Å². The summed E-state index contributed by atoms with van der Waals surface area (Å²) in [6, 6.07) is 0.290. The minimum Gasteiger partial charge on any atom is -0.310 e. The molecule has 5 heteroatoms. The van der Waals surface area contributed by atoms with Crippen molar-refractivity contribution < 1.29 is 0 Å². The van der Waals surface area contributed by atoms with Crippen molar-refractivity contribution in [3.05, 3.63) is 32.5 Å². The summed E-state index contributed by atoms with van der Waals surface area (Å²) in [5.74, 6) is 0. The Morgan fingerprint density at radius 3 is 2.35 bits per heavy atom. The van der Waals surface area contributed by atoms with Gasteiger partial charge in [-0.1, -0.05) is 6.92 Å². The molecule has 0 bridgehead atoms. The Morgan fingerprint density at radius 2 is 1.90 bits per heavy atom. The van der Waals surface area contributed by atoms with Crippen molar-refractivity contribution in [3.63, 3.8) is 0 Å². The minimum atomic E-state index is 0.290. The topological polar surface area (TPSA) is 42.7 Å². The first-order valence-electron chi connectivity index (χ1n) is 7.10. The molecule has 2 aromatic rings. The molecule has 0 aliphatic heterocycles. The summed E-state index contributed by atoms with van der Waals surface area (Å²) in [5.41, 5.74) is 4.82. The summed E-state index contributed by atoms with van der Waals surface area (Å²) >= 11 is 1.80. The molecule has 20 heavy (non-hydrogen) atoms. The summed E-state index contributed by atoms with van der Waals surface area (Å²) in [6.07, 6.45) is 0.931. The molecule has 4 nitrogen and oxygen atoms in total. The highest BCUT2D eigenvalue weighted by Gasteiger charge is 2.21. The molecule has 0 aliphatic rings. The summed E-state index contributed by atoms with van der Waals surface area (Å²) in [4.78, 5) is 5.99. The molecule has 0 radical (unpaired) electrons. The van der Waals surface area contributed by atoms with E-state index in [-0.39, 0.29) is 0 Å². The van der Waals surface area contributed by atoms with Crippen LogP contribution in [0.3, 0.4) is 0 Å². The zero-order chi connectivity index (χ0) is 14.9. The first-order valence-corrected chi connectivity index (χ1v) is 7.92. The van der Waals surface area contributed by atoms with Crippen molar-refractivity contribution in [1.82, 2.24) is 20.1 Å². The quantitative estimate of drug-likeness (QED) is 0.921. The van der Waals surface area contributed by atoms with Crippen LogP contribution in [-0.2, 0) is 13.5 Å². The fraction of sp³-hybridized carbons (Fsp3) is 0.600. The summed E-state index contributed by atoms with van der Waals surface area (Å²) in [6.45, 7) is 11.5. The number of rotatable bonds is 5. The van der Waals surface area contributed by atoms with E-state index in [1.54, 1.807) is 11.3 Å². The molecule has 0 aromatic carbocycles. The number of aromatic nitrogens is 3. The molecule has 2 heterocycles. The van der Waals surface area contributed by atoms with Gasteiger partial charge in [-0.2, -0.15) is 5.10 Å². The number of hydrogen-bond donors (Lipinski definition) is 1. The maximum Gasteiger partial charge on any atom is 0.0949 e. The van der Waals surface area contributed by atoms with Gasteiger partial charge in [-0.3, -0.25) is 4.68 Å². The summed E-state index contributed by atoms with van der Waals surface area (Å²) in [5, 5.41) is 9.32. The molecule has 0 aliphatic carbocycles. The van der Waals surface area contributed by atoms with E-state index in [0.29, 0.717) is 6.04 Å². The zero-order valence-corrected chi connectivity index (χ0v) is 14.1. The highest BCUT2D eigenvalue weighted by molar-refractivity contribution is 7.11. The smallest absolute Gasteiger partial charge is 0.0949 e. The van der Waals surface area contributed by atoms with Crippen LogP contribution in [0.4, 0.5) is 0 Å². The lowest BCUT2D eigenvalue weighted by Gasteiger charge is -2.17. The van der Waals surface area contributed by atoms with Crippen LogP contribution < -0.4 is 5.32 Å². The molecule has 2 rings (SSSR count). The predicted molar refractivity (Wildman–Crippen MR) is 84.4 cm³/mol. The van der Waals surface area contributed by atoms with Gasteiger partial charge in [-0.15, -0.1) is 11.3 Å². The minimum absolute atomic E-state index is 0.290. The van der Waals surface area contributed by atoms with Crippen molar-refractivity contribution >= 4 is 11.3 Å². The molecule has 0 saturated heterocycles. The van der Waals surface area contributed by atoms with Gasteiger partial charge in [0.2, 0.25) is 0 Å². The number of likely N-dealkylation sites (N-methyl/N-ethyl adjacent to an activating group) is 1. The normalized spacial score (nSPS) is 12.9. The monoisotopic (exact) mass is 292 g/mol. The van der Waals surface area contributed by atoms with Crippen LogP contribution in [0, 0.1) is 27.7 Å². The van der Waals surface area contributed by atoms with E-state index in [4.69, 9.17) is 0 Å². The lowest BCUT2D eigenvalue weighted by molar-refractivity contribution is 0.542. The van der Waals surface area contributed by atoms with E-state index in [1.165, 1.54) is 21.1 Å². The third-order valence-corrected chi connectivity index (χ3v) is 4.91. The van der Waals surface area contributed by atoms with Crippen molar-refractivity contribution in [2.75, 3.05) is 6.54 Å². The van der Waals surface area contributed by atoms with Crippen LogP contribution >= 0.6 is 11.3 Å². The Labute approximate surface area is 125 Å². The number of aryl methyl sites for hydroxylation is 4. The van der Waals surface area contributed by atoms with E-state index >= 15 is 0 Å². The molecule has 1 N–H and O–H groups in total. The lowest BCUT2D eigenvalue weighted by Crippen LogP contribution is -2.24. The highest BCUT2D eigenvalue weighted by atomic mass is 32.1. The molecule has 110 valence electrons. The molecule has 1 atom stereocenters. The Kier molecular flexibility index (Phi) is 4.60. The molecular formula is C15H24N4S. The predicted octanol–water partition coefficient (Wildman–Crippen LogP) is 3.00. The summed E-state index contributed by atoms with van der Waals surface area (Å²) < 4.78 is 1.97. The second-order valence-electron chi connectivity index (χ2n) is 5.27. The first kappa shape index (κ1) is 15.2. The maximum atomic E-state index is 4.68. The van der Waals surface area contributed by atoms with Gasteiger partial charge in [0.25, 0.3) is 0 Å². The number of nitrogens with one attached hydrogen (secondary N) is 1. The summed E-state index contributed by atoms with van der Waals surface area (Å²) in [7, 11) is 2.01. The Bertz CT molecular complexity index is 578. The van der Waals surface area contributed by atoms with Gasteiger partial charge in [0.15, 0.2) is 0 Å². The molecule has 1 unspecified atom stereocenters. The van der Waals surface area contributed by atoms with E-state index in [0.717, 1.165) is 24.4 Å². The van der Waals surface area contributed by atoms with E-state index in [9.17, 15) is 0 Å². The van der Waals surface area contributed by atoms with E-state index in [2.05, 4.69) is 50.0 Å². The van der Waals surface area contributed by atoms with Gasteiger partial charge in [-0.25, -0.2) is 4.98 Å². The van der Waals surface area contributed by atoms with Crippen molar-refractivity contribution in [1.29, 1.82) is 0 Å². The largest absolute Gasteiger partial charge is 0.310 e. The fourth-order valence-corrected chi connectivity index (χ4v) is 3.60. The molecule has 0 spiro atoms. The van der Waals surface area contributed by atoms with Crippen LogP contribution in [-0.4, -0.2) is 21.3 Å². The molecule has 0 amide bonds. The fourth-order valence-electron chi connectivity index (χ4n) is 2.62. The van der Waals surface area contributed by atoms with E-state index in [1.807, 2.05) is 11.7 Å².